The number of nitrogens with one attached hydrogen (secondary N) is 3. The van der Waals surface area contributed by atoms with Crippen LogP contribution in [0.4, 0.5) is 17.3 Å². The van der Waals surface area contributed by atoms with Crippen molar-refractivity contribution in [1.82, 2.24) is 9.97 Å². The molecule has 7 N–H and O–H groups in total. The molecule has 0 unspecified atom stereocenters. The number of nitrogens with zero attached hydrogens (tertiary/aromatic N) is 1. The predicted octanol–water partition coefficient (Wildman–Crippen LogP) is 1.05. The molecule has 0 aliphatic carbocycles. The van der Waals surface area contributed by atoms with Gasteiger partial charge in [0.15, 0.2) is 18.2 Å². The molecule has 27 heavy (non-hydrogen) atoms. The highest BCUT2D eigenvalue weighted by molar-refractivity contribution is 14.1. The number of nitrogen functional groups attached to an aromatic ring is 1. The van der Waals surface area contributed by atoms with Gasteiger partial charge in [-0.2, -0.15) is 0 Å². The van der Waals surface area contributed by atoms with Crippen LogP contribution in [0.15, 0.2) is 42.5 Å². The minimum absolute atomic E-state index is 0.233. The number of amides is 2. The van der Waals surface area contributed by atoms with Gasteiger partial charge in [-0.05, 0) is 65.1 Å². The van der Waals surface area contributed by atoms with E-state index in [1.54, 1.807) is 42.5 Å². The first-order valence-electron chi connectivity index (χ1n) is 7.82. The number of hydrogen-bond donors (Lipinski definition) is 6. The van der Waals surface area contributed by atoms with Crippen LogP contribution in [0.5, 0.6) is 0 Å². The maximum atomic E-state index is 12.1. The first-order chi connectivity index (χ1) is 12.8. The summed E-state index contributed by atoms with van der Waals surface area (Å²) >= 11 is 2.11. The van der Waals surface area contributed by atoms with Crippen molar-refractivity contribution < 1.29 is 19.8 Å². The Balaban J connectivity index is 1.63. The predicted molar refractivity (Wildman–Crippen MR) is 109 cm³/mol. The molecule has 2 amide bonds. The Hall–Kier alpha value is -2.70. The largest absolute Gasteiger partial charge is 0.380 e. The SMILES string of the molecule is Nc1nc2ccc(NC(=O)[C@H](O)[C@@H](O)C(=O)Nc3ccc(I)cc3)cc2[nH]1. The lowest BCUT2D eigenvalue weighted by molar-refractivity contribution is -0.139. The van der Waals surface area contributed by atoms with Gasteiger partial charge in [0.05, 0.1) is 11.0 Å². The van der Waals surface area contributed by atoms with E-state index in [0.717, 1.165) is 3.57 Å². The van der Waals surface area contributed by atoms with Gasteiger partial charge in [-0.3, -0.25) is 9.59 Å². The fraction of sp³-hybridized carbons (Fsp3) is 0.118. The van der Waals surface area contributed by atoms with E-state index >= 15 is 0 Å². The summed E-state index contributed by atoms with van der Waals surface area (Å²) in [7, 11) is 0. The number of aromatic amines is 1. The number of anilines is 3. The summed E-state index contributed by atoms with van der Waals surface area (Å²) in [6, 6.07) is 11.6. The van der Waals surface area contributed by atoms with Crippen molar-refractivity contribution >= 4 is 62.8 Å². The third kappa shape index (κ3) is 4.53. The van der Waals surface area contributed by atoms with Crippen LogP contribution >= 0.6 is 22.6 Å². The molecular weight excluding hydrogens is 465 g/mol. The summed E-state index contributed by atoms with van der Waals surface area (Å²) in [4.78, 5) is 31.0. The van der Waals surface area contributed by atoms with Crippen LogP contribution in [0.3, 0.4) is 0 Å². The van der Waals surface area contributed by atoms with Crippen molar-refractivity contribution in [2.24, 2.45) is 0 Å². The Bertz CT molecular complexity index is 989. The Morgan fingerprint density at radius 2 is 1.56 bits per heavy atom. The highest BCUT2D eigenvalue weighted by Gasteiger charge is 2.30. The summed E-state index contributed by atoms with van der Waals surface area (Å²) in [5, 5.41) is 24.8. The topological polar surface area (TPSA) is 153 Å². The smallest absolute Gasteiger partial charge is 0.256 e. The molecule has 1 aromatic heterocycles. The molecule has 1 heterocycles. The van der Waals surface area contributed by atoms with Gasteiger partial charge in [-0.15, -0.1) is 0 Å². The van der Waals surface area contributed by atoms with Crippen molar-refractivity contribution in [2.75, 3.05) is 16.4 Å². The third-order valence-electron chi connectivity index (χ3n) is 3.72. The van der Waals surface area contributed by atoms with E-state index < -0.39 is 24.0 Å². The number of aromatic nitrogens is 2. The molecule has 0 saturated carbocycles. The van der Waals surface area contributed by atoms with Crippen molar-refractivity contribution in [1.29, 1.82) is 0 Å². The van der Waals surface area contributed by atoms with E-state index in [9.17, 15) is 19.8 Å². The molecular formula is C17H16IN5O4. The number of aliphatic hydroxyl groups excluding tert-OH is 2. The van der Waals surface area contributed by atoms with Gasteiger partial charge in [-0.1, -0.05) is 0 Å². The molecule has 0 radical (unpaired) electrons. The zero-order chi connectivity index (χ0) is 19.6. The van der Waals surface area contributed by atoms with Crippen LogP contribution in [-0.4, -0.2) is 44.2 Å². The lowest BCUT2D eigenvalue weighted by Gasteiger charge is -2.17. The van der Waals surface area contributed by atoms with Gasteiger partial charge < -0.3 is 31.6 Å². The monoisotopic (exact) mass is 481 g/mol. The van der Waals surface area contributed by atoms with E-state index in [1.165, 1.54) is 0 Å². The Morgan fingerprint density at radius 3 is 2.19 bits per heavy atom. The number of H-pyrrole nitrogens is 1. The summed E-state index contributed by atoms with van der Waals surface area (Å²) in [5.41, 5.74) is 7.56. The maximum absolute atomic E-state index is 12.1. The molecule has 0 aliphatic heterocycles. The molecule has 2 atom stereocenters. The molecule has 9 nitrogen and oxygen atoms in total. The average Bonchev–Trinajstić information content (AvgIpc) is 3.01. The standard InChI is InChI=1S/C17H16IN5O4/c18-8-1-3-9(4-2-8)20-15(26)13(24)14(25)16(27)21-10-5-6-11-12(7-10)23-17(19)22-11/h1-7,13-14,24-25H,(H,20,26)(H,21,27)(H3,19,22,23)/t13-,14-/m1/s1. The average molecular weight is 481 g/mol. The fourth-order valence-corrected chi connectivity index (χ4v) is 2.72. The molecule has 0 aliphatic rings. The number of carbonyl (C=O) groups is 2. The maximum Gasteiger partial charge on any atom is 0.256 e. The molecule has 140 valence electrons. The molecule has 0 spiro atoms. The second-order valence-corrected chi connectivity index (χ2v) is 6.97. The van der Waals surface area contributed by atoms with E-state index in [-0.39, 0.29) is 5.95 Å². The van der Waals surface area contributed by atoms with Crippen LogP contribution in [0, 0.1) is 3.57 Å². The Labute approximate surface area is 167 Å². The minimum Gasteiger partial charge on any atom is -0.380 e. The zero-order valence-corrected chi connectivity index (χ0v) is 16.0. The van der Waals surface area contributed by atoms with E-state index in [2.05, 4.69) is 43.2 Å². The molecule has 0 fully saturated rings. The normalized spacial score (nSPS) is 13.1. The van der Waals surface area contributed by atoms with Crippen molar-refractivity contribution in [2.45, 2.75) is 12.2 Å². The number of aliphatic hydroxyl groups is 2. The number of fused-ring (bicyclic) bond motifs is 1. The van der Waals surface area contributed by atoms with Crippen molar-refractivity contribution in [3.8, 4) is 0 Å². The highest BCUT2D eigenvalue weighted by Crippen LogP contribution is 2.18. The number of hydrogen-bond acceptors (Lipinski definition) is 6. The summed E-state index contributed by atoms with van der Waals surface area (Å²) in [6.07, 6.45) is -3.88. The van der Waals surface area contributed by atoms with Gasteiger partial charge in [0.1, 0.15) is 0 Å². The van der Waals surface area contributed by atoms with Crippen molar-refractivity contribution in [3.05, 3.63) is 46.0 Å². The summed E-state index contributed by atoms with van der Waals surface area (Å²) < 4.78 is 0.974. The second kappa shape index (κ2) is 7.90. The molecule has 3 rings (SSSR count). The Morgan fingerprint density at radius 1 is 1.00 bits per heavy atom. The lowest BCUT2D eigenvalue weighted by atomic mass is 10.1. The molecule has 0 saturated heterocycles. The molecule has 0 bridgehead atoms. The van der Waals surface area contributed by atoms with Gasteiger partial charge in [0, 0.05) is 14.9 Å². The highest BCUT2D eigenvalue weighted by atomic mass is 127. The van der Waals surface area contributed by atoms with Crippen LogP contribution in [0.1, 0.15) is 0 Å². The quantitative estimate of drug-likeness (QED) is 0.300. The van der Waals surface area contributed by atoms with Gasteiger partial charge >= 0.3 is 0 Å². The number of benzene rings is 2. The first kappa shape index (κ1) is 19.1. The van der Waals surface area contributed by atoms with E-state index in [1.807, 2.05) is 0 Å². The van der Waals surface area contributed by atoms with Crippen LogP contribution in [-0.2, 0) is 9.59 Å². The van der Waals surface area contributed by atoms with Gasteiger partial charge in [-0.25, -0.2) is 4.98 Å². The van der Waals surface area contributed by atoms with Gasteiger partial charge in [0.2, 0.25) is 0 Å². The summed E-state index contributed by atoms with van der Waals surface area (Å²) in [6.45, 7) is 0. The fourth-order valence-electron chi connectivity index (χ4n) is 2.36. The Kier molecular flexibility index (Phi) is 5.58. The van der Waals surface area contributed by atoms with Gasteiger partial charge in [0.25, 0.3) is 11.8 Å². The zero-order valence-electron chi connectivity index (χ0n) is 13.8. The number of imidazole rings is 1. The van der Waals surface area contributed by atoms with E-state index in [0.29, 0.717) is 22.4 Å². The molecule has 3 aromatic rings. The van der Waals surface area contributed by atoms with Crippen LogP contribution in [0.25, 0.3) is 11.0 Å². The summed E-state index contributed by atoms with van der Waals surface area (Å²) in [5.74, 6) is -1.58. The molecule has 10 heteroatoms. The van der Waals surface area contributed by atoms with Crippen molar-refractivity contribution in [3.63, 3.8) is 0 Å². The number of carbonyl (C=O) groups excluding carboxylic acids is 2. The lowest BCUT2D eigenvalue weighted by Crippen LogP contribution is -2.45. The number of rotatable bonds is 5. The second-order valence-electron chi connectivity index (χ2n) is 5.73. The van der Waals surface area contributed by atoms with Crippen LogP contribution in [0.2, 0.25) is 0 Å². The van der Waals surface area contributed by atoms with E-state index in [4.69, 9.17) is 5.73 Å². The number of halogens is 1. The third-order valence-corrected chi connectivity index (χ3v) is 4.43. The van der Waals surface area contributed by atoms with Crippen LogP contribution < -0.4 is 16.4 Å². The molecule has 2 aromatic carbocycles. The number of nitrogens with two attached hydrogens (primary N) is 1. The minimum atomic E-state index is -1.95. The first-order valence-corrected chi connectivity index (χ1v) is 8.90.